The highest BCUT2D eigenvalue weighted by Crippen LogP contribution is 2.24. The third kappa shape index (κ3) is 10.2. The molecule has 0 aliphatic heterocycles. The van der Waals surface area contributed by atoms with E-state index in [1.54, 1.807) is 0 Å². The van der Waals surface area contributed by atoms with E-state index in [1.165, 1.54) is 58.3 Å². The molecule has 0 aliphatic rings. The standard InChI is InChI=1S/C29H40O4/c1-4-5-6-7-8-9-10-11-12-13-22-32-29(31)28-20-18-27(19-21-28)26-16-14-25(15-17-26)23(2)33-24(3)30/h14-21,23H,4-13,22H2,1-3H3. The lowest BCUT2D eigenvalue weighted by molar-refractivity contribution is -0.145. The van der Waals surface area contributed by atoms with Crippen molar-refractivity contribution in [2.24, 2.45) is 0 Å². The second kappa shape index (κ2) is 15.3. The molecule has 0 N–H and O–H groups in total. The first-order valence-corrected chi connectivity index (χ1v) is 12.6. The molecule has 1 unspecified atom stereocenters. The lowest BCUT2D eigenvalue weighted by Gasteiger charge is -2.12. The van der Waals surface area contributed by atoms with Crippen LogP contribution in [0.1, 0.15) is 107 Å². The lowest BCUT2D eigenvalue weighted by atomic mass is 10.0. The quantitative estimate of drug-likeness (QED) is 0.203. The Morgan fingerprint density at radius 3 is 1.73 bits per heavy atom. The molecule has 2 rings (SSSR count). The van der Waals surface area contributed by atoms with E-state index in [0.717, 1.165) is 29.5 Å². The zero-order valence-electron chi connectivity index (χ0n) is 20.6. The van der Waals surface area contributed by atoms with Crippen LogP contribution in [0.2, 0.25) is 0 Å². The molecule has 0 amide bonds. The van der Waals surface area contributed by atoms with Gasteiger partial charge in [-0.15, -0.1) is 0 Å². The van der Waals surface area contributed by atoms with Gasteiger partial charge >= 0.3 is 11.9 Å². The normalized spacial score (nSPS) is 11.7. The molecular formula is C29H40O4. The minimum atomic E-state index is -0.290. The summed E-state index contributed by atoms with van der Waals surface area (Å²) in [5.41, 5.74) is 3.58. The first kappa shape index (κ1) is 26.6. The zero-order valence-corrected chi connectivity index (χ0v) is 20.6. The fourth-order valence-electron chi connectivity index (χ4n) is 3.90. The van der Waals surface area contributed by atoms with Crippen LogP contribution in [0.4, 0.5) is 0 Å². The Morgan fingerprint density at radius 2 is 1.21 bits per heavy atom. The van der Waals surface area contributed by atoms with E-state index in [4.69, 9.17) is 9.47 Å². The molecule has 0 aliphatic carbocycles. The van der Waals surface area contributed by atoms with Crippen molar-refractivity contribution in [3.8, 4) is 11.1 Å². The number of hydrogen-bond donors (Lipinski definition) is 0. The molecule has 33 heavy (non-hydrogen) atoms. The van der Waals surface area contributed by atoms with Crippen LogP contribution >= 0.6 is 0 Å². The molecule has 0 saturated carbocycles. The van der Waals surface area contributed by atoms with Crippen molar-refractivity contribution in [2.45, 2.75) is 91.1 Å². The molecule has 2 aromatic carbocycles. The van der Waals surface area contributed by atoms with Crippen molar-refractivity contribution in [1.82, 2.24) is 0 Å². The third-order valence-corrected chi connectivity index (χ3v) is 5.91. The summed E-state index contributed by atoms with van der Waals surface area (Å²) in [6, 6.07) is 15.4. The van der Waals surface area contributed by atoms with Gasteiger partial charge in [0.1, 0.15) is 6.10 Å². The minimum absolute atomic E-state index is 0.261. The molecule has 0 aromatic heterocycles. The van der Waals surface area contributed by atoms with Crippen LogP contribution in [0.15, 0.2) is 48.5 Å². The van der Waals surface area contributed by atoms with Gasteiger partial charge in [-0.25, -0.2) is 4.79 Å². The highest BCUT2D eigenvalue weighted by Gasteiger charge is 2.10. The van der Waals surface area contributed by atoms with Gasteiger partial charge in [0, 0.05) is 6.92 Å². The molecule has 0 fully saturated rings. The fourth-order valence-corrected chi connectivity index (χ4v) is 3.90. The highest BCUT2D eigenvalue weighted by atomic mass is 16.5. The summed E-state index contributed by atoms with van der Waals surface area (Å²) >= 11 is 0. The van der Waals surface area contributed by atoms with Gasteiger partial charge in [-0.2, -0.15) is 0 Å². The summed E-state index contributed by atoms with van der Waals surface area (Å²) in [4.78, 5) is 23.4. The summed E-state index contributed by atoms with van der Waals surface area (Å²) < 4.78 is 10.7. The van der Waals surface area contributed by atoms with Crippen LogP contribution in [0, 0.1) is 0 Å². The van der Waals surface area contributed by atoms with Crippen LogP contribution < -0.4 is 0 Å². The summed E-state index contributed by atoms with van der Waals surface area (Å²) in [7, 11) is 0. The molecule has 1 atom stereocenters. The molecule has 2 aromatic rings. The number of unbranched alkanes of at least 4 members (excludes halogenated alkanes) is 9. The molecular weight excluding hydrogens is 412 g/mol. The van der Waals surface area contributed by atoms with Crippen LogP contribution in [-0.4, -0.2) is 18.5 Å². The predicted molar refractivity (Wildman–Crippen MR) is 134 cm³/mol. The first-order chi connectivity index (χ1) is 16.0. The highest BCUT2D eigenvalue weighted by molar-refractivity contribution is 5.90. The Kier molecular flexibility index (Phi) is 12.3. The van der Waals surface area contributed by atoms with E-state index in [0.29, 0.717) is 12.2 Å². The largest absolute Gasteiger partial charge is 0.462 e. The average Bonchev–Trinajstić information content (AvgIpc) is 2.82. The number of hydrogen-bond acceptors (Lipinski definition) is 4. The van der Waals surface area contributed by atoms with Crippen molar-refractivity contribution < 1.29 is 19.1 Å². The summed E-state index contributed by atoms with van der Waals surface area (Å²) in [5, 5.41) is 0. The van der Waals surface area contributed by atoms with Crippen molar-refractivity contribution in [2.75, 3.05) is 6.61 Å². The lowest BCUT2D eigenvalue weighted by Crippen LogP contribution is -2.06. The van der Waals surface area contributed by atoms with Crippen LogP contribution in [0.5, 0.6) is 0 Å². The van der Waals surface area contributed by atoms with Crippen LogP contribution in [0.25, 0.3) is 11.1 Å². The Balaban J connectivity index is 1.68. The van der Waals surface area contributed by atoms with Gasteiger partial charge in [-0.05, 0) is 42.2 Å². The Morgan fingerprint density at radius 1 is 0.727 bits per heavy atom. The Hall–Kier alpha value is -2.62. The maximum atomic E-state index is 12.3. The molecule has 0 spiro atoms. The molecule has 0 radical (unpaired) electrons. The molecule has 0 heterocycles. The SMILES string of the molecule is CCCCCCCCCCCCOC(=O)c1ccc(-c2ccc(C(C)OC(C)=O)cc2)cc1. The van der Waals surface area contributed by atoms with E-state index in [9.17, 15) is 9.59 Å². The van der Waals surface area contributed by atoms with Crippen molar-refractivity contribution in [1.29, 1.82) is 0 Å². The second-order valence-electron chi connectivity index (χ2n) is 8.77. The van der Waals surface area contributed by atoms with E-state index in [-0.39, 0.29) is 18.0 Å². The summed E-state index contributed by atoms with van der Waals surface area (Å²) in [5.74, 6) is -0.551. The number of benzene rings is 2. The predicted octanol–water partition coefficient (Wildman–Crippen LogP) is 8.06. The molecule has 4 heteroatoms. The van der Waals surface area contributed by atoms with Gasteiger partial charge in [0.05, 0.1) is 12.2 Å². The number of ether oxygens (including phenoxy) is 2. The fraction of sp³-hybridized carbons (Fsp3) is 0.517. The average molecular weight is 453 g/mol. The number of rotatable bonds is 15. The van der Waals surface area contributed by atoms with Gasteiger partial charge in [-0.1, -0.05) is 101 Å². The topological polar surface area (TPSA) is 52.6 Å². The maximum absolute atomic E-state index is 12.3. The number of carbonyl (C=O) groups is 2. The van der Waals surface area contributed by atoms with E-state index >= 15 is 0 Å². The summed E-state index contributed by atoms with van der Waals surface area (Å²) in [6.45, 7) is 6.00. The summed E-state index contributed by atoms with van der Waals surface area (Å²) in [6.07, 6.45) is 12.3. The third-order valence-electron chi connectivity index (χ3n) is 5.91. The minimum Gasteiger partial charge on any atom is -0.462 e. The van der Waals surface area contributed by atoms with Gasteiger partial charge < -0.3 is 9.47 Å². The van der Waals surface area contributed by atoms with Crippen molar-refractivity contribution >= 4 is 11.9 Å². The molecule has 0 saturated heterocycles. The number of carbonyl (C=O) groups excluding carboxylic acids is 2. The van der Waals surface area contributed by atoms with Gasteiger partial charge in [0.15, 0.2) is 0 Å². The molecule has 4 nitrogen and oxygen atoms in total. The second-order valence-corrected chi connectivity index (χ2v) is 8.77. The van der Waals surface area contributed by atoms with E-state index in [2.05, 4.69) is 6.92 Å². The van der Waals surface area contributed by atoms with Crippen LogP contribution in [0.3, 0.4) is 0 Å². The van der Waals surface area contributed by atoms with Crippen molar-refractivity contribution in [3.05, 3.63) is 59.7 Å². The van der Waals surface area contributed by atoms with Gasteiger partial charge in [0.25, 0.3) is 0 Å². The van der Waals surface area contributed by atoms with Crippen LogP contribution in [-0.2, 0) is 14.3 Å². The maximum Gasteiger partial charge on any atom is 0.338 e. The van der Waals surface area contributed by atoms with Crippen molar-refractivity contribution in [3.63, 3.8) is 0 Å². The Labute approximate surface area is 199 Å². The van der Waals surface area contributed by atoms with E-state index < -0.39 is 0 Å². The van der Waals surface area contributed by atoms with Gasteiger partial charge in [0.2, 0.25) is 0 Å². The monoisotopic (exact) mass is 452 g/mol. The molecule has 180 valence electrons. The molecule has 0 bridgehead atoms. The smallest absolute Gasteiger partial charge is 0.338 e. The number of esters is 2. The van der Waals surface area contributed by atoms with E-state index in [1.807, 2.05) is 55.5 Å². The van der Waals surface area contributed by atoms with Gasteiger partial charge in [-0.3, -0.25) is 4.79 Å². The first-order valence-electron chi connectivity index (χ1n) is 12.6. The zero-order chi connectivity index (χ0) is 23.9. The Bertz CT molecular complexity index is 824.